The predicted octanol–water partition coefficient (Wildman–Crippen LogP) is 5.80. The Morgan fingerprint density at radius 3 is 2.23 bits per heavy atom. The topological polar surface area (TPSA) is 66.5 Å². The number of nitrogens with one attached hydrogen (secondary N) is 1. The Balaban J connectivity index is 1.72. The molecule has 0 bridgehead atoms. The van der Waals surface area contributed by atoms with E-state index in [1.54, 1.807) is 42.5 Å². The summed E-state index contributed by atoms with van der Waals surface area (Å²) in [5, 5.41) is 3.62. The molecule has 0 spiro atoms. The van der Waals surface area contributed by atoms with Crippen LogP contribution in [0, 0.1) is 0 Å². The maximum atomic E-state index is 12.7. The highest BCUT2D eigenvalue weighted by Crippen LogP contribution is 2.34. The number of amides is 1. The SMILES string of the molecule is CS(=O)(=O)N(Cc1ccc(C(=O)NC2CCCCCCC2)cc1)c1cccc(Cl)c1Cl. The van der Waals surface area contributed by atoms with Gasteiger partial charge in [-0.3, -0.25) is 9.10 Å². The minimum absolute atomic E-state index is 0.0867. The van der Waals surface area contributed by atoms with E-state index in [0.717, 1.165) is 37.5 Å². The molecular weight excluding hydrogens is 455 g/mol. The van der Waals surface area contributed by atoms with Crippen LogP contribution in [0.5, 0.6) is 0 Å². The second-order valence-electron chi connectivity index (χ2n) is 8.06. The van der Waals surface area contributed by atoms with Crippen LogP contribution in [-0.4, -0.2) is 26.6 Å². The lowest BCUT2D eigenvalue weighted by molar-refractivity contribution is 0.0930. The summed E-state index contributed by atoms with van der Waals surface area (Å²) in [5.41, 5.74) is 1.63. The molecule has 1 aliphatic carbocycles. The van der Waals surface area contributed by atoms with Crippen LogP contribution < -0.4 is 9.62 Å². The molecule has 168 valence electrons. The highest BCUT2D eigenvalue weighted by Gasteiger charge is 2.22. The number of nitrogens with zero attached hydrogens (tertiary/aromatic N) is 1. The third-order valence-corrected chi connectivity index (χ3v) is 7.52. The van der Waals surface area contributed by atoms with Crippen LogP contribution in [0.4, 0.5) is 5.69 Å². The van der Waals surface area contributed by atoms with Gasteiger partial charge in [0.2, 0.25) is 10.0 Å². The van der Waals surface area contributed by atoms with E-state index in [-0.39, 0.29) is 28.5 Å². The zero-order chi connectivity index (χ0) is 22.4. The van der Waals surface area contributed by atoms with Gasteiger partial charge in [-0.2, -0.15) is 0 Å². The summed E-state index contributed by atoms with van der Waals surface area (Å²) in [6.45, 7) is 0.0867. The van der Waals surface area contributed by atoms with Gasteiger partial charge in [0.15, 0.2) is 0 Å². The zero-order valence-electron chi connectivity index (χ0n) is 17.6. The van der Waals surface area contributed by atoms with Crippen molar-refractivity contribution in [3.63, 3.8) is 0 Å². The van der Waals surface area contributed by atoms with Crippen molar-refractivity contribution in [2.24, 2.45) is 0 Å². The summed E-state index contributed by atoms with van der Waals surface area (Å²) < 4.78 is 26.0. The van der Waals surface area contributed by atoms with Crippen LogP contribution in [0.2, 0.25) is 10.0 Å². The molecule has 0 unspecified atom stereocenters. The van der Waals surface area contributed by atoms with Gasteiger partial charge >= 0.3 is 0 Å². The molecule has 0 radical (unpaired) electrons. The Bertz CT molecular complexity index is 1000. The molecular formula is C23H28Cl2N2O3S. The summed E-state index contributed by atoms with van der Waals surface area (Å²) in [7, 11) is -3.60. The average Bonchev–Trinajstić information content (AvgIpc) is 2.70. The lowest BCUT2D eigenvalue weighted by Crippen LogP contribution is -2.35. The molecule has 1 aliphatic rings. The van der Waals surface area contributed by atoms with Gasteiger partial charge in [0, 0.05) is 11.6 Å². The van der Waals surface area contributed by atoms with Crippen LogP contribution in [0.1, 0.15) is 60.9 Å². The summed E-state index contributed by atoms with van der Waals surface area (Å²) in [6, 6.07) is 12.1. The molecule has 0 saturated heterocycles. The van der Waals surface area contributed by atoms with Crippen LogP contribution in [0.15, 0.2) is 42.5 Å². The largest absolute Gasteiger partial charge is 0.349 e. The Labute approximate surface area is 194 Å². The number of halogens is 2. The standard InChI is InChI=1S/C23H28Cl2N2O3S/c1-31(29,30)27(21-11-7-10-20(24)22(21)25)16-17-12-14-18(15-13-17)23(28)26-19-8-5-3-2-4-6-9-19/h7,10-15,19H,2-6,8-9,16H2,1H3,(H,26,28). The Hall–Kier alpha value is -1.76. The number of carbonyl (C=O) groups is 1. The van der Waals surface area contributed by atoms with Gasteiger partial charge in [-0.25, -0.2) is 8.42 Å². The summed E-state index contributed by atoms with van der Waals surface area (Å²) in [5.74, 6) is -0.0880. The van der Waals surface area contributed by atoms with Crippen molar-refractivity contribution in [3.8, 4) is 0 Å². The molecule has 5 nitrogen and oxygen atoms in total. The second kappa shape index (κ2) is 10.7. The van der Waals surface area contributed by atoms with Crippen molar-refractivity contribution in [1.82, 2.24) is 5.32 Å². The maximum Gasteiger partial charge on any atom is 0.251 e. The first-order valence-corrected chi connectivity index (χ1v) is 13.2. The fraction of sp³-hybridized carbons (Fsp3) is 0.435. The smallest absolute Gasteiger partial charge is 0.251 e. The molecule has 2 aromatic carbocycles. The highest BCUT2D eigenvalue weighted by molar-refractivity contribution is 7.92. The first kappa shape index (κ1) is 23.9. The molecule has 0 aliphatic heterocycles. The number of benzene rings is 2. The van der Waals surface area contributed by atoms with E-state index in [0.29, 0.717) is 11.3 Å². The molecule has 1 saturated carbocycles. The minimum atomic E-state index is -3.60. The van der Waals surface area contributed by atoms with Gasteiger partial charge in [-0.05, 0) is 42.7 Å². The molecule has 1 N–H and O–H groups in total. The number of hydrogen-bond donors (Lipinski definition) is 1. The van der Waals surface area contributed by atoms with Crippen LogP contribution in [0.25, 0.3) is 0 Å². The van der Waals surface area contributed by atoms with Crippen LogP contribution >= 0.6 is 23.2 Å². The lowest BCUT2D eigenvalue weighted by atomic mass is 9.96. The van der Waals surface area contributed by atoms with E-state index in [1.165, 1.54) is 23.6 Å². The highest BCUT2D eigenvalue weighted by atomic mass is 35.5. The van der Waals surface area contributed by atoms with Gasteiger partial charge in [-0.15, -0.1) is 0 Å². The third kappa shape index (κ3) is 6.61. The zero-order valence-corrected chi connectivity index (χ0v) is 19.9. The fourth-order valence-electron chi connectivity index (χ4n) is 3.86. The monoisotopic (exact) mass is 482 g/mol. The molecule has 0 aromatic heterocycles. The molecule has 31 heavy (non-hydrogen) atoms. The summed E-state index contributed by atoms with van der Waals surface area (Å²) >= 11 is 12.3. The van der Waals surface area contributed by atoms with Crippen molar-refractivity contribution >= 4 is 44.8 Å². The molecule has 0 atom stereocenters. The van der Waals surface area contributed by atoms with E-state index in [1.807, 2.05) is 0 Å². The van der Waals surface area contributed by atoms with E-state index in [2.05, 4.69) is 5.32 Å². The first-order chi connectivity index (χ1) is 14.8. The maximum absolute atomic E-state index is 12.7. The lowest BCUT2D eigenvalue weighted by Gasteiger charge is -2.24. The summed E-state index contributed by atoms with van der Waals surface area (Å²) in [4.78, 5) is 12.7. The van der Waals surface area contributed by atoms with Crippen molar-refractivity contribution in [2.45, 2.75) is 57.5 Å². The average molecular weight is 483 g/mol. The second-order valence-corrected chi connectivity index (χ2v) is 10.7. The van der Waals surface area contributed by atoms with Crippen molar-refractivity contribution < 1.29 is 13.2 Å². The van der Waals surface area contributed by atoms with Crippen LogP contribution in [0.3, 0.4) is 0 Å². The fourth-order valence-corrected chi connectivity index (χ4v) is 5.20. The Kier molecular flexibility index (Phi) is 8.25. The molecule has 2 aromatic rings. The quantitative estimate of drug-likeness (QED) is 0.565. The van der Waals surface area contributed by atoms with Crippen LogP contribution in [-0.2, 0) is 16.6 Å². The van der Waals surface area contributed by atoms with Crippen molar-refractivity contribution in [2.75, 3.05) is 10.6 Å². The van der Waals surface area contributed by atoms with E-state index in [9.17, 15) is 13.2 Å². The van der Waals surface area contributed by atoms with Crippen molar-refractivity contribution in [3.05, 3.63) is 63.6 Å². The molecule has 1 amide bonds. The third-order valence-electron chi connectivity index (χ3n) is 5.58. The van der Waals surface area contributed by atoms with Gasteiger partial charge in [0.25, 0.3) is 5.91 Å². The molecule has 0 heterocycles. The number of sulfonamides is 1. The number of carbonyl (C=O) groups excluding carboxylic acids is 1. The van der Waals surface area contributed by atoms with Gasteiger partial charge in [0.1, 0.15) is 0 Å². The minimum Gasteiger partial charge on any atom is -0.349 e. The molecule has 8 heteroatoms. The van der Waals surface area contributed by atoms with Gasteiger partial charge in [0.05, 0.1) is 28.5 Å². The number of anilines is 1. The first-order valence-electron chi connectivity index (χ1n) is 10.6. The molecule has 3 rings (SSSR count). The summed E-state index contributed by atoms with van der Waals surface area (Å²) in [6.07, 6.45) is 9.22. The Morgan fingerprint density at radius 1 is 1.00 bits per heavy atom. The van der Waals surface area contributed by atoms with E-state index >= 15 is 0 Å². The van der Waals surface area contributed by atoms with Gasteiger partial charge in [-0.1, -0.05) is 73.5 Å². The van der Waals surface area contributed by atoms with E-state index in [4.69, 9.17) is 23.2 Å². The van der Waals surface area contributed by atoms with Gasteiger partial charge < -0.3 is 5.32 Å². The number of hydrogen-bond acceptors (Lipinski definition) is 3. The molecule has 1 fully saturated rings. The number of rotatable bonds is 6. The predicted molar refractivity (Wildman–Crippen MR) is 128 cm³/mol. The van der Waals surface area contributed by atoms with E-state index < -0.39 is 10.0 Å². The normalized spacial score (nSPS) is 15.7. The Morgan fingerprint density at radius 2 is 1.61 bits per heavy atom. The van der Waals surface area contributed by atoms with Crippen molar-refractivity contribution in [1.29, 1.82) is 0 Å².